The highest BCUT2D eigenvalue weighted by Gasteiger charge is 2.21. The molecule has 0 bridgehead atoms. The smallest absolute Gasteiger partial charge is 0.251 e. The summed E-state index contributed by atoms with van der Waals surface area (Å²) in [5, 5.41) is 6.35. The van der Waals surface area contributed by atoms with Crippen molar-refractivity contribution >= 4 is 30.7 Å². The van der Waals surface area contributed by atoms with Crippen LogP contribution in [-0.2, 0) is 6.42 Å². The van der Waals surface area contributed by atoms with Gasteiger partial charge in [0.15, 0.2) is 0 Å². The minimum Gasteiger partial charge on any atom is -0.352 e. The monoisotopic (exact) mass is 356 g/mol. The minimum absolute atomic E-state index is 0. The highest BCUT2D eigenvalue weighted by molar-refractivity contribution is 5.95. The van der Waals surface area contributed by atoms with Gasteiger partial charge in [-0.3, -0.25) is 4.79 Å². The summed E-state index contributed by atoms with van der Waals surface area (Å²) in [6, 6.07) is 7.92. The second-order valence-electron chi connectivity index (χ2n) is 5.36. The Labute approximate surface area is 148 Å². The molecule has 1 aromatic carbocycles. The van der Waals surface area contributed by atoms with Crippen molar-refractivity contribution in [1.82, 2.24) is 20.6 Å². The number of nitrogens with zero attached hydrogens (tertiary/aromatic N) is 1. The molecule has 2 heterocycles. The Bertz CT molecular complexity index is 598. The molecule has 1 aliphatic heterocycles. The lowest BCUT2D eigenvalue weighted by Crippen LogP contribution is -2.27. The molecule has 1 fully saturated rings. The first-order valence-corrected chi connectivity index (χ1v) is 7.39. The van der Waals surface area contributed by atoms with E-state index in [0.717, 1.165) is 42.8 Å². The number of hydrogen-bond donors (Lipinski definition) is 3. The van der Waals surface area contributed by atoms with Crippen LogP contribution in [0.15, 0.2) is 36.8 Å². The Kier molecular flexibility index (Phi) is 8.09. The van der Waals surface area contributed by atoms with Crippen molar-refractivity contribution in [3.05, 3.63) is 53.6 Å². The molecule has 1 saturated heterocycles. The first kappa shape index (κ1) is 19.5. The number of hydrogen-bond acceptors (Lipinski definition) is 3. The molecule has 0 saturated carbocycles. The molecule has 1 aliphatic rings. The predicted octanol–water partition coefficient (Wildman–Crippen LogP) is 2.30. The summed E-state index contributed by atoms with van der Waals surface area (Å²) in [6.45, 7) is 2.59. The van der Waals surface area contributed by atoms with E-state index in [4.69, 9.17) is 0 Å². The number of aromatic amines is 1. The first-order chi connectivity index (χ1) is 10.3. The van der Waals surface area contributed by atoms with Crippen LogP contribution in [-0.4, -0.2) is 35.5 Å². The minimum atomic E-state index is 0. The van der Waals surface area contributed by atoms with Crippen LogP contribution in [0.1, 0.15) is 34.0 Å². The molecule has 126 valence electrons. The van der Waals surface area contributed by atoms with Crippen molar-refractivity contribution in [2.45, 2.75) is 18.8 Å². The lowest BCUT2D eigenvalue weighted by atomic mass is 9.93. The van der Waals surface area contributed by atoms with Crippen LogP contribution in [0.3, 0.4) is 0 Å². The van der Waals surface area contributed by atoms with Gasteiger partial charge >= 0.3 is 0 Å². The van der Waals surface area contributed by atoms with Gasteiger partial charge in [0.2, 0.25) is 0 Å². The number of imidazole rings is 1. The maximum Gasteiger partial charge on any atom is 0.251 e. The summed E-state index contributed by atoms with van der Waals surface area (Å²) in [6.07, 6.45) is 5.29. The van der Waals surface area contributed by atoms with Crippen LogP contribution in [0.4, 0.5) is 0 Å². The van der Waals surface area contributed by atoms with E-state index in [-0.39, 0.29) is 30.7 Å². The molecule has 0 spiro atoms. The number of aromatic nitrogens is 2. The van der Waals surface area contributed by atoms with Crippen LogP contribution in [0.2, 0.25) is 0 Å². The van der Waals surface area contributed by atoms with Crippen LogP contribution in [0, 0.1) is 0 Å². The second-order valence-corrected chi connectivity index (χ2v) is 5.36. The van der Waals surface area contributed by atoms with Gasteiger partial charge in [-0.15, -0.1) is 24.8 Å². The zero-order chi connectivity index (χ0) is 14.5. The van der Waals surface area contributed by atoms with Gasteiger partial charge in [-0.25, -0.2) is 4.98 Å². The van der Waals surface area contributed by atoms with E-state index in [0.29, 0.717) is 12.5 Å². The average molecular weight is 357 g/mol. The van der Waals surface area contributed by atoms with Gasteiger partial charge in [-0.2, -0.15) is 0 Å². The SMILES string of the molecule is Cl.Cl.O=C(NCCc1cnc[nH]1)c1ccccc1C1CCNC1. The van der Waals surface area contributed by atoms with Crippen molar-refractivity contribution in [1.29, 1.82) is 0 Å². The maximum absolute atomic E-state index is 12.4. The number of amides is 1. The Hall–Kier alpha value is -1.56. The van der Waals surface area contributed by atoms with E-state index < -0.39 is 0 Å². The highest BCUT2D eigenvalue weighted by Crippen LogP contribution is 2.25. The van der Waals surface area contributed by atoms with Crippen LogP contribution in [0.5, 0.6) is 0 Å². The number of rotatable bonds is 5. The van der Waals surface area contributed by atoms with Gasteiger partial charge in [0.1, 0.15) is 0 Å². The summed E-state index contributed by atoms with van der Waals surface area (Å²) in [7, 11) is 0. The van der Waals surface area contributed by atoms with Gasteiger partial charge in [-0.1, -0.05) is 18.2 Å². The molecule has 1 atom stereocenters. The number of halogens is 2. The summed E-state index contributed by atoms with van der Waals surface area (Å²) in [5.74, 6) is 0.455. The molecule has 7 heteroatoms. The summed E-state index contributed by atoms with van der Waals surface area (Å²) < 4.78 is 0. The number of nitrogens with one attached hydrogen (secondary N) is 3. The molecule has 3 N–H and O–H groups in total. The fourth-order valence-electron chi connectivity index (χ4n) is 2.81. The van der Waals surface area contributed by atoms with E-state index in [1.807, 2.05) is 18.2 Å². The number of carbonyl (C=O) groups excluding carboxylic acids is 1. The van der Waals surface area contributed by atoms with Crippen molar-refractivity contribution in [2.24, 2.45) is 0 Å². The second kappa shape index (κ2) is 9.55. The molecular formula is C16H22Cl2N4O. The van der Waals surface area contributed by atoms with Crippen LogP contribution in [0.25, 0.3) is 0 Å². The molecule has 0 aliphatic carbocycles. The van der Waals surface area contributed by atoms with Gasteiger partial charge < -0.3 is 15.6 Å². The maximum atomic E-state index is 12.4. The molecule has 1 amide bonds. The lowest BCUT2D eigenvalue weighted by Gasteiger charge is -2.14. The summed E-state index contributed by atoms with van der Waals surface area (Å²) in [4.78, 5) is 19.4. The average Bonchev–Trinajstić information content (AvgIpc) is 3.20. The van der Waals surface area contributed by atoms with E-state index >= 15 is 0 Å². The fourth-order valence-corrected chi connectivity index (χ4v) is 2.81. The molecule has 0 radical (unpaired) electrons. The van der Waals surface area contributed by atoms with E-state index in [2.05, 4.69) is 26.7 Å². The largest absolute Gasteiger partial charge is 0.352 e. The van der Waals surface area contributed by atoms with Crippen LogP contribution >= 0.6 is 24.8 Å². The molecule has 1 aromatic heterocycles. The number of H-pyrrole nitrogens is 1. The molecule has 3 rings (SSSR count). The zero-order valence-corrected chi connectivity index (χ0v) is 14.4. The Morgan fingerprint density at radius 2 is 2.13 bits per heavy atom. The van der Waals surface area contributed by atoms with Gasteiger partial charge in [0.25, 0.3) is 5.91 Å². The van der Waals surface area contributed by atoms with Gasteiger partial charge in [0.05, 0.1) is 6.33 Å². The quantitative estimate of drug-likeness (QED) is 0.769. The fraction of sp³-hybridized carbons (Fsp3) is 0.375. The van der Waals surface area contributed by atoms with E-state index in [1.165, 1.54) is 0 Å². The number of carbonyl (C=O) groups is 1. The molecule has 23 heavy (non-hydrogen) atoms. The standard InChI is InChI=1S/C16H20N4O.2ClH/c21-16(19-8-6-13-10-18-11-20-13)15-4-2-1-3-14(15)12-5-7-17-9-12;;/h1-4,10-12,17H,5-9H2,(H,18,20)(H,19,21);2*1H. The van der Waals surface area contributed by atoms with Gasteiger partial charge in [0, 0.05) is 37.0 Å². The first-order valence-electron chi connectivity index (χ1n) is 7.39. The van der Waals surface area contributed by atoms with Gasteiger partial charge in [-0.05, 0) is 30.5 Å². The van der Waals surface area contributed by atoms with Crippen molar-refractivity contribution in [3.8, 4) is 0 Å². The Balaban J connectivity index is 0.00000132. The highest BCUT2D eigenvalue weighted by atomic mass is 35.5. The number of benzene rings is 1. The van der Waals surface area contributed by atoms with E-state index in [1.54, 1.807) is 12.5 Å². The Morgan fingerprint density at radius 1 is 1.30 bits per heavy atom. The molecule has 5 nitrogen and oxygen atoms in total. The molecule has 1 unspecified atom stereocenters. The normalized spacial score (nSPS) is 16.3. The van der Waals surface area contributed by atoms with Crippen molar-refractivity contribution < 1.29 is 4.79 Å². The third kappa shape index (κ3) is 4.96. The summed E-state index contributed by atoms with van der Waals surface area (Å²) in [5.41, 5.74) is 2.99. The molecule has 2 aromatic rings. The predicted molar refractivity (Wildman–Crippen MR) is 95.8 cm³/mol. The van der Waals surface area contributed by atoms with E-state index in [9.17, 15) is 4.79 Å². The Morgan fingerprint density at radius 3 is 2.83 bits per heavy atom. The van der Waals surface area contributed by atoms with Crippen molar-refractivity contribution in [2.75, 3.05) is 19.6 Å². The zero-order valence-electron chi connectivity index (χ0n) is 12.7. The summed E-state index contributed by atoms with van der Waals surface area (Å²) >= 11 is 0. The third-order valence-corrected chi connectivity index (χ3v) is 3.94. The molecular weight excluding hydrogens is 335 g/mol. The van der Waals surface area contributed by atoms with Crippen molar-refractivity contribution in [3.63, 3.8) is 0 Å². The topological polar surface area (TPSA) is 69.8 Å². The third-order valence-electron chi connectivity index (χ3n) is 3.94. The lowest BCUT2D eigenvalue weighted by molar-refractivity contribution is 0.0952. The van der Waals surface area contributed by atoms with Crippen LogP contribution < -0.4 is 10.6 Å².